The third kappa shape index (κ3) is 5.90. The van der Waals surface area contributed by atoms with Crippen molar-refractivity contribution in [1.82, 2.24) is 9.78 Å². The van der Waals surface area contributed by atoms with Gasteiger partial charge in [0.1, 0.15) is 18.0 Å². The minimum absolute atomic E-state index is 0.0793. The Morgan fingerprint density at radius 3 is 2.33 bits per heavy atom. The summed E-state index contributed by atoms with van der Waals surface area (Å²) in [5, 5.41) is 6.58. The van der Waals surface area contributed by atoms with Crippen molar-refractivity contribution in [3.8, 4) is 0 Å². The lowest BCUT2D eigenvalue weighted by Gasteiger charge is -2.18. The summed E-state index contributed by atoms with van der Waals surface area (Å²) in [6.45, 7) is 8.65. The first-order chi connectivity index (χ1) is 11.2. The number of carbonyl (C=O) groups excluding carboxylic acids is 3. The Labute approximate surface area is 140 Å². The standard InChI is InChI=1S/C15H23N3O6/c1-6-22-12(19)9-16-11-8-10(13(20)24-15(3,4)5)17-18(11)14(21)23-7-2/h8,16H,6-7,9H2,1-5H3. The third-order valence-corrected chi connectivity index (χ3v) is 2.48. The molecule has 1 heterocycles. The fraction of sp³-hybridized carbons (Fsp3) is 0.600. The minimum atomic E-state index is -0.779. The van der Waals surface area contributed by atoms with Gasteiger partial charge in [0.25, 0.3) is 0 Å². The Kier molecular flexibility index (Phi) is 6.75. The predicted octanol–water partition coefficient (Wildman–Crippen LogP) is 1.82. The van der Waals surface area contributed by atoms with Crippen LogP contribution >= 0.6 is 0 Å². The van der Waals surface area contributed by atoms with Crippen molar-refractivity contribution in [2.24, 2.45) is 0 Å². The van der Waals surface area contributed by atoms with Crippen LogP contribution in [0.15, 0.2) is 6.07 Å². The van der Waals surface area contributed by atoms with Gasteiger partial charge in [-0.15, -0.1) is 4.68 Å². The summed E-state index contributed by atoms with van der Waals surface area (Å²) < 4.78 is 15.7. The second kappa shape index (κ2) is 8.32. The van der Waals surface area contributed by atoms with E-state index in [1.807, 2.05) is 0 Å². The molecule has 0 unspecified atom stereocenters. The summed E-state index contributed by atoms with van der Waals surface area (Å²) in [7, 11) is 0. The Balaban J connectivity index is 2.99. The molecule has 1 N–H and O–H groups in total. The van der Waals surface area contributed by atoms with Crippen molar-refractivity contribution in [1.29, 1.82) is 0 Å². The summed E-state index contributed by atoms with van der Waals surface area (Å²) >= 11 is 0. The molecule has 0 aliphatic heterocycles. The van der Waals surface area contributed by atoms with E-state index in [2.05, 4.69) is 10.4 Å². The molecule has 0 saturated heterocycles. The van der Waals surface area contributed by atoms with Crippen molar-refractivity contribution < 1.29 is 28.6 Å². The van der Waals surface area contributed by atoms with Crippen LogP contribution in [0.25, 0.3) is 0 Å². The molecule has 24 heavy (non-hydrogen) atoms. The van der Waals surface area contributed by atoms with Gasteiger partial charge < -0.3 is 19.5 Å². The number of nitrogens with zero attached hydrogens (tertiary/aromatic N) is 2. The van der Waals surface area contributed by atoms with Crippen LogP contribution in [-0.2, 0) is 19.0 Å². The van der Waals surface area contributed by atoms with E-state index in [0.717, 1.165) is 4.68 Å². The van der Waals surface area contributed by atoms with Gasteiger partial charge in [-0.3, -0.25) is 4.79 Å². The Hall–Kier alpha value is -2.58. The lowest BCUT2D eigenvalue weighted by Crippen LogP contribution is -2.25. The molecule has 1 aromatic rings. The maximum absolute atomic E-state index is 12.1. The fourth-order valence-electron chi connectivity index (χ4n) is 1.64. The van der Waals surface area contributed by atoms with Gasteiger partial charge in [-0.2, -0.15) is 5.10 Å². The molecule has 0 amide bonds. The van der Waals surface area contributed by atoms with Crippen LogP contribution < -0.4 is 5.32 Å². The van der Waals surface area contributed by atoms with Crippen LogP contribution in [0.4, 0.5) is 10.6 Å². The zero-order valence-electron chi connectivity index (χ0n) is 14.5. The molecule has 9 heteroatoms. The highest BCUT2D eigenvalue weighted by molar-refractivity contribution is 5.90. The zero-order valence-corrected chi connectivity index (χ0v) is 14.5. The van der Waals surface area contributed by atoms with E-state index >= 15 is 0 Å². The van der Waals surface area contributed by atoms with E-state index in [1.165, 1.54) is 6.07 Å². The summed E-state index contributed by atoms with van der Waals surface area (Å²) in [6, 6.07) is 1.31. The first kappa shape index (κ1) is 19.5. The van der Waals surface area contributed by atoms with Crippen LogP contribution in [0.2, 0.25) is 0 Å². The van der Waals surface area contributed by atoms with Crippen LogP contribution in [-0.4, -0.2) is 53.2 Å². The van der Waals surface area contributed by atoms with Gasteiger partial charge in [-0.05, 0) is 34.6 Å². The van der Waals surface area contributed by atoms with Crippen molar-refractivity contribution in [2.75, 3.05) is 25.1 Å². The van der Waals surface area contributed by atoms with E-state index in [-0.39, 0.29) is 31.3 Å². The number of carbonyl (C=O) groups is 3. The highest BCUT2D eigenvalue weighted by Crippen LogP contribution is 2.16. The van der Waals surface area contributed by atoms with Crippen molar-refractivity contribution in [3.05, 3.63) is 11.8 Å². The maximum Gasteiger partial charge on any atom is 0.436 e. The SMILES string of the molecule is CCOC(=O)CNc1cc(C(=O)OC(C)(C)C)nn1C(=O)OCC. The van der Waals surface area contributed by atoms with Gasteiger partial charge in [0.05, 0.1) is 13.2 Å². The molecule has 0 radical (unpaired) electrons. The third-order valence-electron chi connectivity index (χ3n) is 2.48. The lowest BCUT2D eigenvalue weighted by molar-refractivity contribution is -0.140. The van der Waals surface area contributed by atoms with E-state index in [0.29, 0.717) is 0 Å². The van der Waals surface area contributed by atoms with E-state index in [9.17, 15) is 14.4 Å². The Bertz CT molecular complexity index is 603. The van der Waals surface area contributed by atoms with Gasteiger partial charge in [0, 0.05) is 6.07 Å². The van der Waals surface area contributed by atoms with E-state index < -0.39 is 23.6 Å². The molecule has 0 bridgehead atoms. The number of esters is 2. The largest absolute Gasteiger partial charge is 0.465 e. The molecule has 134 valence electrons. The quantitative estimate of drug-likeness (QED) is 0.616. The second-order valence-electron chi connectivity index (χ2n) is 5.69. The molecule has 0 fully saturated rings. The summed E-state index contributed by atoms with van der Waals surface area (Å²) in [5.74, 6) is -1.07. The summed E-state index contributed by atoms with van der Waals surface area (Å²) in [6.07, 6.45) is -0.779. The second-order valence-corrected chi connectivity index (χ2v) is 5.69. The summed E-state index contributed by atoms with van der Waals surface area (Å²) in [5.41, 5.74) is -0.784. The summed E-state index contributed by atoms with van der Waals surface area (Å²) in [4.78, 5) is 35.4. The van der Waals surface area contributed by atoms with Gasteiger partial charge in [-0.25, -0.2) is 9.59 Å². The monoisotopic (exact) mass is 341 g/mol. The molecular weight excluding hydrogens is 318 g/mol. The van der Waals surface area contributed by atoms with Gasteiger partial charge >= 0.3 is 18.0 Å². The van der Waals surface area contributed by atoms with Crippen molar-refractivity contribution in [2.45, 2.75) is 40.2 Å². The molecule has 0 saturated carbocycles. The van der Waals surface area contributed by atoms with Crippen molar-refractivity contribution in [3.63, 3.8) is 0 Å². The number of hydrogen-bond donors (Lipinski definition) is 1. The predicted molar refractivity (Wildman–Crippen MR) is 84.9 cm³/mol. The molecule has 9 nitrogen and oxygen atoms in total. The van der Waals surface area contributed by atoms with E-state index in [4.69, 9.17) is 14.2 Å². The average Bonchev–Trinajstić information content (AvgIpc) is 2.88. The van der Waals surface area contributed by atoms with Crippen molar-refractivity contribution >= 4 is 23.8 Å². The van der Waals surface area contributed by atoms with Crippen LogP contribution in [0.1, 0.15) is 45.1 Å². The molecule has 1 aromatic heterocycles. The number of rotatable bonds is 6. The van der Waals surface area contributed by atoms with Crippen LogP contribution in [0.3, 0.4) is 0 Å². The average molecular weight is 341 g/mol. The highest BCUT2D eigenvalue weighted by Gasteiger charge is 2.24. The lowest BCUT2D eigenvalue weighted by atomic mass is 10.2. The number of hydrogen-bond acceptors (Lipinski definition) is 8. The highest BCUT2D eigenvalue weighted by atomic mass is 16.6. The Morgan fingerprint density at radius 2 is 1.79 bits per heavy atom. The minimum Gasteiger partial charge on any atom is -0.465 e. The number of anilines is 1. The maximum atomic E-state index is 12.1. The molecule has 0 aliphatic rings. The number of aromatic nitrogens is 2. The first-order valence-corrected chi connectivity index (χ1v) is 7.58. The zero-order chi connectivity index (χ0) is 18.3. The Morgan fingerprint density at radius 1 is 1.17 bits per heavy atom. The normalized spacial score (nSPS) is 10.9. The van der Waals surface area contributed by atoms with Gasteiger partial charge in [0.15, 0.2) is 5.69 Å². The van der Waals surface area contributed by atoms with Crippen LogP contribution in [0, 0.1) is 0 Å². The molecular formula is C15H23N3O6. The number of ether oxygens (including phenoxy) is 3. The van der Waals surface area contributed by atoms with Gasteiger partial charge in [0.2, 0.25) is 0 Å². The van der Waals surface area contributed by atoms with Crippen LogP contribution in [0.5, 0.6) is 0 Å². The molecule has 1 rings (SSSR count). The first-order valence-electron chi connectivity index (χ1n) is 7.58. The molecule has 0 atom stereocenters. The fourth-order valence-corrected chi connectivity index (χ4v) is 1.64. The van der Waals surface area contributed by atoms with Gasteiger partial charge in [-0.1, -0.05) is 0 Å². The smallest absolute Gasteiger partial charge is 0.436 e. The molecule has 0 aromatic carbocycles. The topological polar surface area (TPSA) is 109 Å². The molecule has 0 aliphatic carbocycles. The van der Waals surface area contributed by atoms with E-state index in [1.54, 1.807) is 34.6 Å². The molecule has 0 spiro atoms. The number of nitrogens with one attached hydrogen (secondary N) is 1.